The number of rotatable bonds is 6. The molecule has 0 bridgehead atoms. The summed E-state index contributed by atoms with van der Waals surface area (Å²) in [5.74, 6) is -3.43. The van der Waals surface area contributed by atoms with E-state index in [-0.39, 0.29) is 17.8 Å². The molecule has 0 aromatic rings. The summed E-state index contributed by atoms with van der Waals surface area (Å²) in [5.41, 5.74) is -0.447. The van der Waals surface area contributed by atoms with E-state index >= 15 is 0 Å². The average molecular weight is 242 g/mol. The molecule has 0 saturated heterocycles. The molecule has 6 heteroatoms. The molecule has 94 valence electrons. The molecule has 2 N–H and O–H groups in total. The molecular weight excluding hydrogens is 228 g/mol. The van der Waals surface area contributed by atoms with Crippen molar-refractivity contribution in [2.75, 3.05) is 6.61 Å². The first-order valence-corrected chi connectivity index (χ1v) is 4.91. The Morgan fingerprint density at radius 1 is 1.18 bits per heavy atom. The van der Waals surface area contributed by atoms with E-state index in [0.29, 0.717) is 12.5 Å². The van der Waals surface area contributed by atoms with Gasteiger partial charge in [-0.3, -0.25) is 0 Å². The summed E-state index contributed by atoms with van der Waals surface area (Å²) in [6.45, 7) is 3.19. The van der Waals surface area contributed by atoms with Gasteiger partial charge in [-0.15, -0.1) is 0 Å². The highest BCUT2D eigenvalue weighted by molar-refractivity contribution is 6.00. The summed E-state index contributed by atoms with van der Waals surface area (Å²) >= 11 is 0. The van der Waals surface area contributed by atoms with Crippen molar-refractivity contribution in [1.82, 2.24) is 0 Å². The zero-order valence-electron chi connectivity index (χ0n) is 9.60. The Hall–Kier alpha value is -2.11. The monoisotopic (exact) mass is 242 g/mol. The van der Waals surface area contributed by atoms with Crippen LogP contribution in [-0.2, 0) is 19.1 Å². The minimum atomic E-state index is -1.34. The number of hydrogen-bond donors (Lipinski definition) is 2. The van der Waals surface area contributed by atoms with E-state index in [9.17, 15) is 14.4 Å². The van der Waals surface area contributed by atoms with Crippen molar-refractivity contribution in [3.8, 4) is 0 Å². The molecule has 0 atom stereocenters. The predicted molar refractivity (Wildman–Crippen MR) is 58.4 cm³/mol. The third-order valence-corrected chi connectivity index (χ3v) is 1.66. The molecule has 0 fully saturated rings. The first-order chi connectivity index (χ1) is 7.88. The van der Waals surface area contributed by atoms with Gasteiger partial charge in [-0.1, -0.05) is 6.92 Å². The maximum atomic E-state index is 11.4. The van der Waals surface area contributed by atoms with Crippen LogP contribution in [0, 0.1) is 0 Å². The van der Waals surface area contributed by atoms with Crippen molar-refractivity contribution in [3.05, 3.63) is 23.3 Å². The molecule has 0 aliphatic rings. The Bertz CT molecular complexity index is 377. The van der Waals surface area contributed by atoms with Gasteiger partial charge in [-0.2, -0.15) is 0 Å². The smallest absolute Gasteiger partial charge is 0.338 e. The molecule has 17 heavy (non-hydrogen) atoms. The molecule has 6 nitrogen and oxygen atoms in total. The van der Waals surface area contributed by atoms with E-state index in [4.69, 9.17) is 14.9 Å². The van der Waals surface area contributed by atoms with Crippen LogP contribution in [0.2, 0.25) is 0 Å². The van der Waals surface area contributed by atoms with Gasteiger partial charge >= 0.3 is 17.9 Å². The molecule has 0 heterocycles. The predicted octanol–water partition coefficient (Wildman–Crippen LogP) is 0.982. The molecule has 0 unspecified atom stereocenters. The fourth-order valence-corrected chi connectivity index (χ4v) is 0.866. The second-order valence-electron chi connectivity index (χ2n) is 3.21. The van der Waals surface area contributed by atoms with Crippen molar-refractivity contribution < 1.29 is 29.3 Å². The summed E-state index contributed by atoms with van der Waals surface area (Å²) in [6, 6.07) is 0. The lowest BCUT2D eigenvalue weighted by Gasteiger charge is -2.03. The first-order valence-electron chi connectivity index (χ1n) is 4.91. The number of aliphatic carboxylic acids is 2. The number of esters is 1. The standard InChI is InChI=1S/C11H14O6/c1-3-4-17-11(16)8(6-9(12)13)5-7(2)10(14)15/h5-6H,3-4H2,1-2H3,(H,12,13)(H,14,15). The van der Waals surface area contributed by atoms with Crippen LogP contribution < -0.4 is 0 Å². The largest absolute Gasteiger partial charge is 0.478 e. The fraction of sp³-hybridized carbons (Fsp3) is 0.364. The number of carbonyl (C=O) groups is 3. The molecule has 0 aromatic carbocycles. The number of carboxylic acid groups (broad SMARTS) is 2. The van der Waals surface area contributed by atoms with Crippen molar-refractivity contribution in [2.24, 2.45) is 0 Å². The van der Waals surface area contributed by atoms with E-state index in [0.717, 1.165) is 6.08 Å². The minimum absolute atomic E-state index is 0.147. The van der Waals surface area contributed by atoms with Gasteiger partial charge in [-0.25, -0.2) is 14.4 Å². The normalized spacial score (nSPS) is 12.1. The summed E-state index contributed by atoms with van der Waals surface area (Å²) < 4.78 is 4.73. The molecule has 0 aliphatic heterocycles. The Morgan fingerprint density at radius 2 is 1.76 bits per heavy atom. The Kier molecular flexibility index (Phi) is 6.32. The van der Waals surface area contributed by atoms with Crippen molar-refractivity contribution in [1.29, 1.82) is 0 Å². The summed E-state index contributed by atoms with van der Waals surface area (Å²) in [7, 11) is 0. The minimum Gasteiger partial charge on any atom is -0.478 e. The Balaban J connectivity index is 5.03. The van der Waals surface area contributed by atoms with Gasteiger partial charge in [0, 0.05) is 11.6 Å². The van der Waals surface area contributed by atoms with Crippen molar-refractivity contribution in [2.45, 2.75) is 20.3 Å². The van der Waals surface area contributed by atoms with Gasteiger partial charge in [0.15, 0.2) is 0 Å². The van der Waals surface area contributed by atoms with Crippen molar-refractivity contribution >= 4 is 17.9 Å². The Morgan fingerprint density at radius 3 is 2.18 bits per heavy atom. The van der Waals surface area contributed by atoms with E-state index in [1.807, 2.05) is 0 Å². The number of hydrogen-bond acceptors (Lipinski definition) is 4. The molecule has 0 amide bonds. The van der Waals surface area contributed by atoms with Crippen LogP contribution in [0.15, 0.2) is 23.3 Å². The van der Waals surface area contributed by atoms with Gasteiger partial charge in [-0.05, 0) is 19.4 Å². The van der Waals surface area contributed by atoms with Crippen LogP contribution in [0.1, 0.15) is 20.3 Å². The molecule has 0 aromatic heterocycles. The number of carbonyl (C=O) groups excluding carboxylic acids is 1. The second-order valence-corrected chi connectivity index (χ2v) is 3.21. The average Bonchev–Trinajstić information content (AvgIpc) is 2.23. The topological polar surface area (TPSA) is 101 Å². The van der Waals surface area contributed by atoms with Gasteiger partial charge < -0.3 is 14.9 Å². The highest BCUT2D eigenvalue weighted by Crippen LogP contribution is 2.06. The second kappa shape index (κ2) is 7.21. The van der Waals surface area contributed by atoms with Gasteiger partial charge in [0.05, 0.1) is 12.2 Å². The third-order valence-electron chi connectivity index (χ3n) is 1.66. The summed E-state index contributed by atoms with van der Waals surface area (Å²) in [4.78, 5) is 32.4. The lowest BCUT2D eigenvalue weighted by atomic mass is 10.1. The highest BCUT2D eigenvalue weighted by atomic mass is 16.5. The van der Waals surface area contributed by atoms with Gasteiger partial charge in [0.1, 0.15) is 0 Å². The van der Waals surface area contributed by atoms with Crippen LogP contribution >= 0.6 is 0 Å². The lowest BCUT2D eigenvalue weighted by Crippen LogP contribution is -2.10. The number of carboxylic acids is 2. The fourth-order valence-electron chi connectivity index (χ4n) is 0.866. The van der Waals surface area contributed by atoms with Crippen LogP contribution in [0.3, 0.4) is 0 Å². The SMILES string of the molecule is CCCOC(=O)C(C=C(C)C(=O)O)=CC(=O)O. The highest BCUT2D eigenvalue weighted by Gasteiger charge is 2.12. The first kappa shape index (κ1) is 14.9. The lowest BCUT2D eigenvalue weighted by molar-refractivity contribution is -0.139. The van der Waals surface area contributed by atoms with Crippen molar-refractivity contribution in [3.63, 3.8) is 0 Å². The summed E-state index contributed by atoms with van der Waals surface area (Å²) in [5, 5.41) is 17.2. The number of ether oxygens (including phenoxy) is 1. The van der Waals surface area contributed by atoms with E-state index in [1.54, 1.807) is 6.92 Å². The molecule has 0 radical (unpaired) electrons. The Labute approximate surface area is 98.2 Å². The maximum absolute atomic E-state index is 11.4. The van der Waals surface area contributed by atoms with Crippen LogP contribution in [-0.4, -0.2) is 34.7 Å². The molecule has 0 spiro atoms. The van der Waals surface area contributed by atoms with Crippen LogP contribution in [0.25, 0.3) is 0 Å². The van der Waals surface area contributed by atoms with Gasteiger partial charge in [0.25, 0.3) is 0 Å². The molecular formula is C11H14O6. The summed E-state index contributed by atoms with van der Waals surface area (Å²) in [6.07, 6.45) is 2.17. The zero-order valence-corrected chi connectivity index (χ0v) is 9.60. The molecule has 0 aliphatic carbocycles. The third kappa shape index (κ3) is 6.14. The quantitative estimate of drug-likeness (QED) is 0.409. The van der Waals surface area contributed by atoms with E-state index in [1.165, 1.54) is 6.92 Å². The molecule has 0 rings (SSSR count). The maximum Gasteiger partial charge on any atom is 0.338 e. The van der Waals surface area contributed by atoms with Crippen LogP contribution in [0.4, 0.5) is 0 Å². The molecule has 0 saturated carbocycles. The van der Waals surface area contributed by atoms with Gasteiger partial charge in [0.2, 0.25) is 0 Å². The van der Waals surface area contributed by atoms with E-state index in [2.05, 4.69) is 0 Å². The van der Waals surface area contributed by atoms with Crippen LogP contribution in [0.5, 0.6) is 0 Å². The van der Waals surface area contributed by atoms with E-state index < -0.39 is 17.9 Å². The zero-order chi connectivity index (χ0) is 13.4.